The molecule has 2 heterocycles. The van der Waals surface area contributed by atoms with Crippen molar-refractivity contribution in [1.82, 2.24) is 10.2 Å². The molecule has 0 radical (unpaired) electrons. The van der Waals surface area contributed by atoms with E-state index in [-0.39, 0.29) is 6.61 Å². The first-order valence-corrected chi connectivity index (χ1v) is 7.47. The Labute approximate surface area is 123 Å². The van der Waals surface area contributed by atoms with Crippen molar-refractivity contribution in [3.05, 3.63) is 29.4 Å². The van der Waals surface area contributed by atoms with E-state index in [9.17, 15) is 0 Å². The molecule has 1 unspecified atom stereocenters. The number of rotatable bonds is 4. The first-order chi connectivity index (χ1) is 9.81. The maximum absolute atomic E-state index is 9.03. The van der Waals surface area contributed by atoms with E-state index in [2.05, 4.69) is 15.1 Å². The molecule has 0 amide bonds. The van der Waals surface area contributed by atoms with Crippen molar-refractivity contribution in [2.75, 3.05) is 18.1 Å². The van der Waals surface area contributed by atoms with Crippen LogP contribution in [0.1, 0.15) is 25.7 Å². The van der Waals surface area contributed by atoms with Crippen molar-refractivity contribution >= 4 is 28.2 Å². The summed E-state index contributed by atoms with van der Waals surface area (Å²) < 4.78 is 0. The second-order valence-electron chi connectivity index (χ2n) is 5.22. The summed E-state index contributed by atoms with van der Waals surface area (Å²) in [7, 11) is 0. The highest BCUT2D eigenvalue weighted by Crippen LogP contribution is 2.33. The number of anilines is 1. The Morgan fingerprint density at radius 3 is 2.85 bits per heavy atom. The molecule has 1 fully saturated rings. The summed E-state index contributed by atoms with van der Waals surface area (Å²) in [5, 5.41) is 19.9. The van der Waals surface area contributed by atoms with E-state index in [1.807, 2.05) is 24.3 Å². The van der Waals surface area contributed by atoms with E-state index in [1.165, 1.54) is 0 Å². The summed E-state index contributed by atoms with van der Waals surface area (Å²) >= 11 is 6.13. The molecule has 1 N–H and O–H groups in total. The first-order valence-electron chi connectivity index (χ1n) is 7.09. The maximum Gasteiger partial charge on any atom is 0.159 e. The van der Waals surface area contributed by atoms with Crippen LogP contribution in [0.15, 0.2) is 24.3 Å². The van der Waals surface area contributed by atoms with E-state index in [1.54, 1.807) is 0 Å². The molecule has 3 rings (SSSR count). The van der Waals surface area contributed by atoms with Crippen LogP contribution in [0, 0.1) is 0 Å². The topological polar surface area (TPSA) is 49.2 Å². The van der Waals surface area contributed by atoms with Crippen LogP contribution in [0.2, 0.25) is 5.15 Å². The Hall–Kier alpha value is -1.39. The van der Waals surface area contributed by atoms with Crippen molar-refractivity contribution in [3.63, 3.8) is 0 Å². The first kappa shape index (κ1) is 13.6. The number of hydrogen-bond acceptors (Lipinski definition) is 4. The van der Waals surface area contributed by atoms with E-state index < -0.39 is 0 Å². The highest BCUT2D eigenvalue weighted by molar-refractivity contribution is 6.34. The molecule has 4 nitrogen and oxygen atoms in total. The van der Waals surface area contributed by atoms with Crippen molar-refractivity contribution in [3.8, 4) is 0 Å². The molecule has 5 heteroatoms. The summed E-state index contributed by atoms with van der Waals surface area (Å²) in [4.78, 5) is 2.32. The number of hydrogen-bond donors (Lipinski definition) is 1. The van der Waals surface area contributed by atoms with E-state index in [0.29, 0.717) is 11.2 Å². The predicted octanol–water partition coefficient (Wildman–Crippen LogP) is 3.02. The smallest absolute Gasteiger partial charge is 0.159 e. The fourth-order valence-electron chi connectivity index (χ4n) is 3.01. The number of fused-ring (bicyclic) bond motifs is 1. The third-order valence-corrected chi connectivity index (χ3v) is 4.25. The Morgan fingerprint density at radius 2 is 2.05 bits per heavy atom. The Morgan fingerprint density at radius 1 is 1.25 bits per heavy atom. The van der Waals surface area contributed by atoms with Gasteiger partial charge in [-0.05, 0) is 25.7 Å². The van der Waals surface area contributed by atoms with Gasteiger partial charge in [-0.2, -0.15) is 0 Å². The van der Waals surface area contributed by atoms with Gasteiger partial charge < -0.3 is 10.0 Å². The summed E-state index contributed by atoms with van der Waals surface area (Å²) in [6.07, 6.45) is 4.14. The van der Waals surface area contributed by atoms with Crippen LogP contribution in [0.4, 0.5) is 5.82 Å². The molecule has 0 bridgehead atoms. The molecule has 20 heavy (non-hydrogen) atoms. The molecule has 0 aliphatic carbocycles. The monoisotopic (exact) mass is 291 g/mol. The van der Waals surface area contributed by atoms with Gasteiger partial charge in [0, 0.05) is 30.0 Å². The van der Waals surface area contributed by atoms with Crippen LogP contribution in [-0.4, -0.2) is 34.5 Å². The molecule has 1 aromatic carbocycles. The van der Waals surface area contributed by atoms with E-state index >= 15 is 0 Å². The number of aliphatic hydroxyl groups excluding tert-OH is 1. The molecule has 1 atom stereocenters. The number of aliphatic hydroxyl groups is 1. The van der Waals surface area contributed by atoms with Crippen molar-refractivity contribution in [1.29, 1.82) is 0 Å². The third-order valence-electron chi connectivity index (χ3n) is 3.97. The molecular formula is C15H18ClN3O. The molecule has 0 spiro atoms. The van der Waals surface area contributed by atoms with Crippen LogP contribution < -0.4 is 4.90 Å². The summed E-state index contributed by atoms with van der Waals surface area (Å²) in [5.41, 5.74) is 0. The zero-order chi connectivity index (χ0) is 13.9. The average molecular weight is 292 g/mol. The summed E-state index contributed by atoms with van der Waals surface area (Å²) in [6.45, 7) is 1.24. The van der Waals surface area contributed by atoms with Crippen LogP contribution >= 0.6 is 11.6 Å². The Kier molecular flexibility index (Phi) is 4.03. The van der Waals surface area contributed by atoms with Crippen molar-refractivity contribution < 1.29 is 5.11 Å². The van der Waals surface area contributed by atoms with Gasteiger partial charge in [0.05, 0.1) is 0 Å². The molecule has 0 saturated carbocycles. The van der Waals surface area contributed by atoms with Crippen LogP contribution in [-0.2, 0) is 0 Å². The highest BCUT2D eigenvalue weighted by Gasteiger charge is 2.27. The second kappa shape index (κ2) is 5.94. The molecule has 1 aromatic heterocycles. The number of benzene rings is 1. The lowest BCUT2D eigenvalue weighted by atomic mass is 10.1. The Bertz CT molecular complexity index is 605. The number of halogens is 1. The van der Waals surface area contributed by atoms with Gasteiger partial charge in [0.25, 0.3) is 0 Å². The van der Waals surface area contributed by atoms with Gasteiger partial charge in [-0.1, -0.05) is 35.9 Å². The minimum atomic E-state index is 0.247. The van der Waals surface area contributed by atoms with Gasteiger partial charge in [-0.25, -0.2) is 0 Å². The normalized spacial score (nSPS) is 18.9. The maximum atomic E-state index is 9.03. The van der Waals surface area contributed by atoms with Gasteiger partial charge in [0.1, 0.15) is 0 Å². The molecular weight excluding hydrogens is 274 g/mol. The lowest BCUT2D eigenvalue weighted by molar-refractivity contribution is 0.279. The fourth-order valence-corrected chi connectivity index (χ4v) is 3.21. The standard InChI is InChI=1S/C15H18ClN3O/c16-14-12-7-1-2-8-13(12)15(18-17-14)19-9-3-5-11(19)6-4-10-20/h1-2,7-8,11,20H,3-6,9-10H2. The second-order valence-corrected chi connectivity index (χ2v) is 5.57. The predicted molar refractivity (Wildman–Crippen MR) is 81.2 cm³/mol. The zero-order valence-electron chi connectivity index (χ0n) is 11.3. The number of nitrogens with zero attached hydrogens (tertiary/aromatic N) is 3. The third kappa shape index (κ3) is 2.45. The summed E-state index contributed by atoms with van der Waals surface area (Å²) in [5.74, 6) is 0.922. The van der Waals surface area contributed by atoms with Gasteiger partial charge in [-0.15, -0.1) is 10.2 Å². The molecule has 106 valence electrons. The lowest BCUT2D eigenvalue weighted by Crippen LogP contribution is -2.30. The minimum Gasteiger partial charge on any atom is -0.396 e. The molecule has 2 aromatic rings. The minimum absolute atomic E-state index is 0.247. The van der Waals surface area contributed by atoms with Gasteiger partial charge in [-0.3, -0.25) is 0 Å². The van der Waals surface area contributed by atoms with Gasteiger partial charge >= 0.3 is 0 Å². The lowest BCUT2D eigenvalue weighted by Gasteiger charge is -2.26. The molecule has 1 aliphatic rings. The van der Waals surface area contributed by atoms with Crippen molar-refractivity contribution in [2.45, 2.75) is 31.7 Å². The van der Waals surface area contributed by atoms with Gasteiger partial charge in [0.2, 0.25) is 0 Å². The zero-order valence-corrected chi connectivity index (χ0v) is 12.1. The average Bonchev–Trinajstić information content (AvgIpc) is 2.94. The fraction of sp³-hybridized carbons (Fsp3) is 0.467. The Balaban J connectivity index is 1.99. The largest absolute Gasteiger partial charge is 0.396 e. The van der Waals surface area contributed by atoms with Crippen LogP contribution in [0.5, 0.6) is 0 Å². The van der Waals surface area contributed by atoms with E-state index in [0.717, 1.165) is 48.8 Å². The molecule has 1 saturated heterocycles. The molecule has 1 aliphatic heterocycles. The van der Waals surface area contributed by atoms with Crippen molar-refractivity contribution in [2.24, 2.45) is 0 Å². The van der Waals surface area contributed by atoms with Gasteiger partial charge in [0.15, 0.2) is 11.0 Å². The summed E-state index contributed by atoms with van der Waals surface area (Å²) in [6, 6.07) is 8.44. The van der Waals surface area contributed by atoms with E-state index in [4.69, 9.17) is 16.7 Å². The van der Waals surface area contributed by atoms with Crippen LogP contribution in [0.25, 0.3) is 10.8 Å². The van der Waals surface area contributed by atoms with Crippen LogP contribution in [0.3, 0.4) is 0 Å². The highest BCUT2D eigenvalue weighted by atomic mass is 35.5. The quantitative estimate of drug-likeness (QED) is 0.941. The number of aromatic nitrogens is 2. The SMILES string of the molecule is OCCCC1CCCN1c1nnc(Cl)c2ccccc12.